The molecule has 0 aliphatic heterocycles. The van der Waals surface area contributed by atoms with Crippen LogP contribution in [0.1, 0.15) is 27.4 Å². The van der Waals surface area contributed by atoms with Gasteiger partial charge in [0.05, 0.1) is 26.7 Å². The molecule has 192 valence electrons. The van der Waals surface area contributed by atoms with Crippen LogP contribution in [-0.4, -0.2) is 23.1 Å². The van der Waals surface area contributed by atoms with E-state index < -0.39 is 39.0 Å². The number of benzene rings is 3. The Morgan fingerprint density at radius 1 is 1.00 bits per heavy atom. The third kappa shape index (κ3) is 5.06. The van der Waals surface area contributed by atoms with E-state index in [2.05, 4.69) is 17.2 Å². The monoisotopic (exact) mass is 586 g/mol. The molecule has 0 bridgehead atoms. The Kier molecular flexibility index (Phi) is 7.55. The maximum Gasteiger partial charge on any atom is 0.257 e. The van der Waals surface area contributed by atoms with Crippen molar-refractivity contribution in [3.05, 3.63) is 99.5 Å². The van der Waals surface area contributed by atoms with Crippen molar-refractivity contribution in [2.75, 3.05) is 17.2 Å². The maximum absolute atomic E-state index is 14.0. The topological polar surface area (TPSA) is 58.2 Å². The van der Waals surface area contributed by atoms with Crippen molar-refractivity contribution < 1.29 is 22.8 Å². The fourth-order valence-electron chi connectivity index (χ4n) is 4.16. The number of rotatable bonds is 8. The lowest BCUT2D eigenvalue weighted by molar-refractivity contribution is -0.112. The Labute approximate surface area is 230 Å². The number of amides is 1. The minimum atomic E-state index is -1.52. The van der Waals surface area contributed by atoms with Gasteiger partial charge in [0, 0.05) is 29.8 Å². The number of carbonyl (C=O) groups is 2. The lowest BCUT2D eigenvalue weighted by atomic mass is 9.98. The number of carbonyl (C=O) groups excluding carboxylic acids is 2. The minimum absolute atomic E-state index is 0.00490. The first-order valence-electron chi connectivity index (χ1n) is 10.7. The Hall–Kier alpha value is -2.71. The molecule has 3 aromatic carbocycles. The van der Waals surface area contributed by atoms with Crippen LogP contribution in [0.5, 0.6) is 0 Å². The minimum Gasteiger partial charge on any atom is -0.384 e. The molecule has 3 aromatic rings. The van der Waals surface area contributed by atoms with Crippen LogP contribution < -0.4 is 10.6 Å². The number of hydrogen-bond acceptors (Lipinski definition) is 3. The zero-order chi connectivity index (χ0) is 27.1. The molecule has 2 N–H and O–H groups in total. The number of nitrogens with one attached hydrogen (secondary N) is 2. The summed E-state index contributed by atoms with van der Waals surface area (Å²) in [5.41, 5.74) is -0.579. The van der Waals surface area contributed by atoms with Gasteiger partial charge in [0.1, 0.15) is 28.1 Å². The SMILES string of the molecule is C=C(F)c1cc(C2C(Cl)(Cl)C2(C=O)CNc2ccc(Cl)c(C(=O)Nc3ccc(F)cc3F)c2)ccc1Cl. The molecule has 0 aromatic heterocycles. The van der Waals surface area contributed by atoms with Crippen LogP contribution in [-0.2, 0) is 4.79 Å². The lowest BCUT2D eigenvalue weighted by Crippen LogP contribution is -2.23. The quantitative estimate of drug-likeness (QED) is 0.207. The molecule has 2 atom stereocenters. The molecule has 37 heavy (non-hydrogen) atoms. The summed E-state index contributed by atoms with van der Waals surface area (Å²) in [4.78, 5) is 24.9. The van der Waals surface area contributed by atoms with Gasteiger partial charge < -0.3 is 15.4 Å². The smallest absolute Gasteiger partial charge is 0.257 e. The second kappa shape index (κ2) is 10.2. The van der Waals surface area contributed by atoms with E-state index >= 15 is 0 Å². The van der Waals surface area contributed by atoms with Gasteiger partial charge in [0.25, 0.3) is 5.91 Å². The average Bonchev–Trinajstić information content (AvgIpc) is 3.34. The second-order valence-corrected chi connectivity index (χ2v) is 10.7. The fraction of sp³-hybridized carbons (Fsp3) is 0.154. The van der Waals surface area contributed by atoms with Crippen molar-refractivity contribution in [2.24, 2.45) is 5.41 Å². The van der Waals surface area contributed by atoms with Gasteiger partial charge in [0.2, 0.25) is 0 Å². The predicted octanol–water partition coefficient (Wildman–Crippen LogP) is 8.03. The number of halogens is 7. The van der Waals surface area contributed by atoms with Gasteiger partial charge >= 0.3 is 0 Å². The summed E-state index contributed by atoms with van der Waals surface area (Å²) in [7, 11) is 0. The highest BCUT2D eigenvalue weighted by atomic mass is 35.5. The van der Waals surface area contributed by atoms with E-state index in [1.54, 1.807) is 12.1 Å². The van der Waals surface area contributed by atoms with Gasteiger partial charge in [-0.2, -0.15) is 0 Å². The van der Waals surface area contributed by atoms with Crippen LogP contribution in [0.25, 0.3) is 5.83 Å². The normalized spacial score (nSPS) is 19.7. The number of aldehydes is 1. The highest BCUT2D eigenvalue weighted by Crippen LogP contribution is 2.73. The largest absolute Gasteiger partial charge is 0.384 e. The van der Waals surface area contributed by atoms with Crippen molar-refractivity contribution in [1.29, 1.82) is 0 Å². The molecular weight excluding hydrogens is 571 g/mol. The Bertz CT molecular complexity index is 1430. The molecule has 0 spiro atoms. The van der Waals surface area contributed by atoms with Crippen LogP contribution >= 0.6 is 46.4 Å². The molecule has 1 amide bonds. The third-order valence-electron chi connectivity index (χ3n) is 6.22. The standard InChI is InChI=1S/C26H17Cl4F3N2O2/c1-13(31)17-8-14(2-5-19(17)27)23-25(12-36,26(23,29)30)11-34-16-4-6-20(28)18(10-16)24(37)35-22-7-3-15(32)9-21(22)33/h2-10,12,23,34H,1,11H2,(H,35,37). The molecule has 1 aliphatic carbocycles. The summed E-state index contributed by atoms with van der Waals surface area (Å²) in [5.74, 6) is -3.92. The van der Waals surface area contributed by atoms with E-state index in [4.69, 9.17) is 46.4 Å². The average molecular weight is 588 g/mol. The Morgan fingerprint density at radius 2 is 1.68 bits per heavy atom. The summed E-state index contributed by atoms with van der Waals surface area (Å²) >= 11 is 25.2. The summed E-state index contributed by atoms with van der Waals surface area (Å²) in [6, 6.07) is 11.6. The first-order chi connectivity index (χ1) is 17.4. The van der Waals surface area contributed by atoms with E-state index in [0.29, 0.717) is 23.6 Å². The molecule has 0 saturated heterocycles. The number of alkyl halides is 2. The first kappa shape index (κ1) is 27.3. The van der Waals surface area contributed by atoms with Gasteiger partial charge in [-0.25, -0.2) is 13.2 Å². The summed E-state index contributed by atoms with van der Waals surface area (Å²) in [6.07, 6.45) is 0.629. The molecule has 1 fully saturated rings. The van der Waals surface area contributed by atoms with Crippen molar-refractivity contribution in [2.45, 2.75) is 10.3 Å². The van der Waals surface area contributed by atoms with E-state index in [1.165, 1.54) is 24.3 Å². The molecule has 4 rings (SSSR count). The second-order valence-electron chi connectivity index (χ2n) is 8.48. The van der Waals surface area contributed by atoms with Crippen LogP contribution in [0.4, 0.5) is 24.5 Å². The van der Waals surface area contributed by atoms with Crippen molar-refractivity contribution in [3.8, 4) is 0 Å². The van der Waals surface area contributed by atoms with Gasteiger partial charge in [-0.15, -0.1) is 0 Å². The van der Waals surface area contributed by atoms with Crippen LogP contribution in [0.2, 0.25) is 10.0 Å². The van der Waals surface area contributed by atoms with Crippen LogP contribution in [0.3, 0.4) is 0 Å². The van der Waals surface area contributed by atoms with Crippen LogP contribution in [0.15, 0.2) is 61.2 Å². The summed E-state index contributed by atoms with van der Waals surface area (Å²) in [5, 5.41) is 5.59. The van der Waals surface area contributed by atoms with Crippen LogP contribution in [0, 0.1) is 17.0 Å². The summed E-state index contributed by atoms with van der Waals surface area (Å²) in [6.45, 7) is 3.22. The lowest BCUT2D eigenvalue weighted by Gasteiger charge is -2.15. The zero-order valence-corrected chi connectivity index (χ0v) is 21.8. The summed E-state index contributed by atoms with van der Waals surface area (Å²) < 4.78 is 39.4. The van der Waals surface area contributed by atoms with Gasteiger partial charge in [-0.3, -0.25) is 4.79 Å². The number of hydrogen-bond donors (Lipinski definition) is 2. The zero-order valence-electron chi connectivity index (χ0n) is 18.7. The third-order valence-corrected chi connectivity index (χ3v) is 8.02. The molecule has 1 aliphatic rings. The molecular formula is C26H17Cl4F3N2O2. The van der Waals surface area contributed by atoms with Crippen molar-refractivity contribution in [1.82, 2.24) is 0 Å². The van der Waals surface area contributed by atoms with Crippen molar-refractivity contribution in [3.63, 3.8) is 0 Å². The Morgan fingerprint density at radius 3 is 2.32 bits per heavy atom. The van der Waals surface area contributed by atoms with E-state index in [-0.39, 0.29) is 33.4 Å². The molecule has 1 saturated carbocycles. The maximum atomic E-state index is 14.0. The Balaban J connectivity index is 1.55. The number of anilines is 2. The van der Waals surface area contributed by atoms with Crippen molar-refractivity contribution >= 4 is 75.8 Å². The van der Waals surface area contributed by atoms with Gasteiger partial charge in [-0.1, -0.05) is 59.0 Å². The molecule has 0 heterocycles. The van der Waals surface area contributed by atoms with Gasteiger partial charge in [0.15, 0.2) is 0 Å². The highest BCUT2D eigenvalue weighted by molar-refractivity contribution is 6.54. The first-order valence-corrected chi connectivity index (χ1v) is 12.2. The molecule has 2 unspecified atom stereocenters. The van der Waals surface area contributed by atoms with E-state index in [0.717, 1.165) is 12.1 Å². The highest BCUT2D eigenvalue weighted by Gasteiger charge is 2.76. The van der Waals surface area contributed by atoms with E-state index in [9.17, 15) is 22.8 Å². The molecule has 0 radical (unpaired) electrons. The molecule has 11 heteroatoms. The fourth-order valence-corrected chi connectivity index (χ4v) is 5.56. The van der Waals surface area contributed by atoms with E-state index in [1.807, 2.05) is 0 Å². The molecule has 4 nitrogen and oxygen atoms in total. The predicted molar refractivity (Wildman–Crippen MR) is 142 cm³/mol. The van der Waals surface area contributed by atoms with Gasteiger partial charge in [-0.05, 0) is 48.0 Å².